The Morgan fingerprint density at radius 2 is 0.731 bits per heavy atom. The number of benzene rings is 1. The molecule has 0 saturated carbocycles. The highest BCUT2D eigenvalue weighted by Crippen LogP contribution is 2.37. The van der Waals surface area contributed by atoms with E-state index in [9.17, 15) is 78.9 Å². The summed E-state index contributed by atoms with van der Waals surface area (Å²) in [6.07, 6.45) is -2.40. The zero-order valence-corrected chi connectivity index (χ0v) is 50.6. The maximum absolute atomic E-state index is 14.3. The number of β-amino-alcohol motifs (C(OH)–C–C–N with tert-alkyl or cyclic N) is 2. The summed E-state index contributed by atoms with van der Waals surface area (Å²) in [6, 6.07) is 0. The number of amides is 3. The number of hydrogen-bond acceptors (Lipinski definition) is 20. The van der Waals surface area contributed by atoms with Crippen LogP contribution in [0.2, 0.25) is 0 Å². The SMILES string of the molecule is COCC(=O)N(C)c1c(I)c(C(=O)NCC(O)CN2CCN(CC(C)=O)CCN(CC(=O)O)CCN(CC(=O)O)CC2)c(I)c(C(=O)NCC(O)CN2CCN(CC(=O)O)CCN(CC(=O)O)CCN(CC(=O)O)CC2)c1I. The number of carboxylic acids is 5. The number of ether oxygens (including phenoxy) is 1. The number of rotatable bonds is 25. The van der Waals surface area contributed by atoms with Crippen molar-refractivity contribution in [1.29, 1.82) is 0 Å². The fourth-order valence-electron chi connectivity index (χ4n) is 8.75. The van der Waals surface area contributed by atoms with E-state index in [-0.39, 0.29) is 177 Å². The highest BCUT2D eigenvalue weighted by Gasteiger charge is 2.32. The van der Waals surface area contributed by atoms with Crippen LogP contribution in [0.3, 0.4) is 0 Å². The maximum Gasteiger partial charge on any atom is 0.317 e. The minimum Gasteiger partial charge on any atom is -0.480 e. The number of anilines is 1. The van der Waals surface area contributed by atoms with E-state index in [0.717, 1.165) is 0 Å². The minimum absolute atomic E-state index is 0.00454. The second-order valence-corrected chi connectivity index (χ2v) is 22.3. The summed E-state index contributed by atoms with van der Waals surface area (Å²) in [7, 11) is 2.80. The van der Waals surface area contributed by atoms with Crippen molar-refractivity contribution >= 4 is 127 Å². The molecule has 9 N–H and O–H groups in total. The van der Waals surface area contributed by atoms with Crippen LogP contribution in [-0.4, -0.2) is 331 Å². The van der Waals surface area contributed by atoms with Gasteiger partial charge in [-0.25, -0.2) is 0 Å². The van der Waals surface area contributed by atoms with Gasteiger partial charge in [-0.2, -0.15) is 0 Å². The summed E-state index contributed by atoms with van der Waals surface area (Å²) in [5.41, 5.74) is 0.227. The Kier molecular flexibility index (Phi) is 31.1. The van der Waals surface area contributed by atoms with Crippen LogP contribution in [0.1, 0.15) is 27.6 Å². The lowest BCUT2D eigenvalue weighted by atomic mass is 10.1. The first kappa shape index (κ1) is 68.7. The molecule has 0 radical (unpaired) electrons. The summed E-state index contributed by atoms with van der Waals surface area (Å²) in [5.74, 6) is -7.38. The molecule has 1 aromatic rings. The van der Waals surface area contributed by atoms with Gasteiger partial charge in [0.2, 0.25) is 0 Å². The van der Waals surface area contributed by atoms with E-state index in [1.807, 2.05) is 82.5 Å². The molecule has 2 fully saturated rings. The Hall–Kier alpha value is -3.60. The van der Waals surface area contributed by atoms with Gasteiger partial charge >= 0.3 is 29.8 Å². The van der Waals surface area contributed by atoms with Gasteiger partial charge < -0.3 is 56.0 Å². The molecule has 2 aliphatic heterocycles. The number of carboxylic acid groups (broad SMARTS) is 5. The zero-order valence-electron chi connectivity index (χ0n) is 44.1. The van der Waals surface area contributed by atoms with Crippen LogP contribution in [0.4, 0.5) is 5.69 Å². The molecule has 0 bridgehead atoms. The Morgan fingerprint density at radius 3 is 0.974 bits per heavy atom. The lowest BCUT2D eigenvalue weighted by molar-refractivity contribution is -0.140. The predicted molar refractivity (Wildman–Crippen MR) is 307 cm³/mol. The quantitative estimate of drug-likeness (QED) is 0.0434. The van der Waals surface area contributed by atoms with Gasteiger partial charge in [0.25, 0.3) is 17.7 Å². The number of aliphatic hydroxyl groups is 2. The fraction of sp³-hybridized carbons (Fsp3) is 0.681. The normalized spacial score (nSPS) is 18.3. The van der Waals surface area contributed by atoms with Crippen molar-refractivity contribution in [2.45, 2.75) is 19.1 Å². The van der Waals surface area contributed by atoms with Crippen molar-refractivity contribution in [3.05, 3.63) is 21.8 Å². The molecule has 0 aliphatic carbocycles. The number of aliphatic hydroxyl groups excluding tert-OH is 2. The van der Waals surface area contributed by atoms with Crippen LogP contribution in [0.15, 0.2) is 0 Å². The first-order valence-electron chi connectivity index (χ1n) is 25.0. The van der Waals surface area contributed by atoms with Crippen molar-refractivity contribution in [2.24, 2.45) is 0 Å². The Balaban J connectivity index is 1.87. The maximum atomic E-state index is 14.3. The van der Waals surface area contributed by atoms with Gasteiger partial charge in [-0.3, -0.25) is 82.4 Å². The van der Waals surface area contributed by atoms with E-state index in [0.29, 0.717) is 33.3 Å². The van der Waals surface area contributed by atoms with Crippen molar-refractivity contribution in [3.63, 3.8) is 0 Å². The summed E-state index contributed by atoms with van der Waals surface area (Å²) < 4.78 is 5.87. The highest BCUT2D eigenvalue weighted by molar-refractivity contribution is 14.1. The van der Waals surface area contributed by atoms with Crippen LogP contribution in [0.25, 0.3) is 0 Å². The number of carbonyl (C=O) groups excluding carboxylic acids is 4. The summed E-state index contributed by atoms with van der Waals surface area (Å²) in [5, 5.41) is 76.3. The number of ketones is 1. The van der Waals surface area contributed by atoms with Gasteiger partial charge in [0, 0.05) is 149 Å². The minimum atomic E-state index is -1.22. The Bertz CT molecular complexity index is 2040. The number of hydrogen-bond donors (Lipinski definition) is 9. The standard InChI is InChI=1S/C47H74I3N11O17/c1-31(62)22-54-4-6-55(7-11-58(26-36(68)69)15-14-57(10-5-54)25-35(66)67)23-32(63)20-51-46(76)40-42(48)41(44(50)45(43(40)49)53(2)34(65)30-78-3)47(77)52-21-33(64)24-56-8-12-59(27-37(70)71)16-18-61(29-39(74)75)19-17-60(13-9-56)28-38(72)73/h32-33,63-64H,4-30H2,1-3H3,(H,51,76)(H,52,77)(H,66,67)(H,68,69)(H,70,71)(H,72,73)(H,74,75). The van der Waals surface area contributed by atoms with Crippen LogP contribution >= 0.6 is 67.8 Å². The van der Waals surface area contributed by atoms with E-state index < -0.39 is 59.8 Å². The van der Waals surface area contributed by atoms with E-state index >= 15 is 0 Å². The molecule has 440 valence electrons. The van der Waals surface area contributed by atoms with E-state index in [1.54, 1.807) is 24.5 Å². The number of Topliss-reactive ketones (excluding diaryl/α,β-unsaturated/α-hetero) is 1. The summed E-state index contributed by atoms with van der Waals surface area (Å²) >= 11 is 5.69. The molecular weight excluding hydrogens is 1370 g/mol. The molecule has 2 saturated heterocycles. The number of nitrogens with zero attached hydrogens (tertiary/aromatic N) is 9. The number of nitrogens with one attached hydrogen (secondary N) is 2. The molecule has 0 spiro atoms. The molecule has 2 heterocycles. The van der Waals surface area contributed by atoms with Crippen LogP contribution in [0.5, 0.6) is 0 Å². The highest BCUT2D eigenvalue weighted by atomic mass is 127. The Labute approximate surface area is 493 Å². The smallest absolute Gasteiger partial charge is 0.317 e. The molecule has 1 aromatic carbocycles. The molecule has 31 heteroatoms. The van der Waals surface area contributed by atoms with Crippen LogP contribution < -0.4 is 15.5 Å². The van der Waals surface area contributed by atoms with Gasteiger partial charge in [-0.1, -0.05) is 0 Å². The number of likely N-dealkylation sites (N-methyl/N-ethyl adjacent to an activating group) is 1. The van der Waals surface area contributed by atoms with E-state index in [4.69, 9.17) is 4.74 Å². The van der Waals surface area contributed by atoms with Crippen LogP contribution in [0, 0.1) is 10.7 Å². The molecule has 78 heavy (non-hydrogen) atoms. The summed E-state index contributed by atoms with van der Waals surface area (Å²) in [4.78, 5) is 128. The largest absolute Gasteiger partial charge is 0.480 e. The molecule has 2 aliphatic rings. The topological polar surface area (TPSA) is 358 Å². The van der Waals surface area contributed by atoms with Gasteiger partial charge in [-0.05, 0) is 74.7 Å². The average molecular weight is 1450 g/mol. The van der Waals surface area contributed by atoms with Crippen molar-refractivity contribution in [3.8, 4) is 0 Å². The predicted octanol–water partition coefficient (Wildman–Crippen LogP) is -3.25. The van der Waals surface area contributed by atoms with Gasteiger partial charge in [0.1, 0.15) is 12.4 Å². The van der Waals surface area contributed by atoms with Crippen LogP contribution in [-0.2, 0) is 38.3 Å². The molecule has 2 atom stereocenters. The molecular formula is C47H74I3N11O17. The summed E-state index contributed by atoms with van der Waals surface area (Å²) in [6.45, 7) is 3.09. The molecule has 0 aromatic heterocycles. The number of halogens is 3. The fourth-order valence-corrected chi connectivity index (χ4v) is 13.6. The number of aliphatic carboxylic acids is 5. The van der Waals surface area contributed by atoms with Crippen molar-refractivity contribution in [2.75, 3.05) is 196 Å². The second-order valence-electron chi connectivity index (χ2n) is 19.1. The first-order chi connectivity index (χ1) is 36.8. The third kappa shape index (κ3) is 25.0. The number of methoxy groups -OCH3 is 1. The first-order valence-corrected chi connectivity index (χ1v) is 28.3. The van der Waals surface area contributed by atoms with Gasteiger partial charge in [0.05, 0.1) is 75.4 Å². The van der Waals surface area contributed by atoms with Gasteiger partial charge in [0.15, 0.2) is 0 Å². The zero-order chi connectivity index (χ0) is 58.2. The van der Waals surface area contributed by atoms with E-state index in [2.05, 4.69) is 10.6 Å². The second kappa shape index (κ2) is 35.3. The monoisotopic (exact) mass is 1450 g/mol. The van der Waals surface area contributed by atoms with Gasteiger partial charge in [-0.15, -0.1) is 0 Å². The van der Waals surface area contributed by atoms with Crippen molar-refractivity contribution in [1.82, 2.24) is 49.8 Å². The van der Waals surface area contributed by atoms with Crippen molar-refractivity contribution < 1.29 is 83.6 Å². The third-order valence-electron chi connectivity index (χ3n) is 12.8. The lowest BCUT2D eigenvalue weighted by Gasteiger charge is -2.34. The molecule has 3 amide bonds. The third-order valence-corrected chi connectivity index (χ3v) is 15.9. The average Bonchev–Trinajstić information content (AvgIpc) is 3.33. The molecule has 28 nitrogen and oxygen atoms in total. The lowest BCUT2D eigenvalue weighted by Crippen LogP contribution is -2.50. The van der Waals surface area contributed by atoms with E-state index in [1.165, 1.54) is 26.0 Å². The number of carbonyl (C=O) groups is 9. The molecule has 2 unspecified atom stereocenters. The Morgan fingerprint density at radius 1 is 0.474 bits per heavy atom. The molecule has 3 rings (SSSR count).